The Hall–Kier alpha value is -3.96. The Morgan fingerprint density at radius 1 is 0.568 bits per heavy atom. The van der Waals surface area contributed by atoms with Crippen molar-refractivity contribution in [3.8, 4) is 0 Å². The summed E-state index contributed by atoms with van der Waals surface area (Å²) in [5.74, 6) is -20.4. The minimum atomic E-state index is -5.15. The van der Waals surface area contributed by atoms with E-state index in [4.69, 9.17) is 69.1 Å². The molecule has 0 radical (unpaired) electrons. The highest BCUT2D eigenvalue weighted by atomic mass is 32.3. The lowest BCUT2D eigenvalue weighted by molar-refractivity contribution is -0.304. The fourth-order valence-electron chi connectivity index (χ4n) is 8.08. The third-order valence-corrected chi connectivity index (χ3v) is 12.4. The maximum atomic E-state index is 11.5. The number of ether oxygens (including phenoxy) is 5. The number of hydrogen-bond donors (Lipinski definition) is 18. The number of esters is 1. The quantitative estimate of drug-likeness (QED) is 0.0298. The minimum Gasteiger partial charge on any atom is -0.477 e. The van der Waals surface area contributed by atoms with Gasteiger partial charge in [0.25, 0.3) is 17.4 Å². The van der Waals surface area contributed by atoms with Gasteiger partial charge < -0.3 is 110 Å². The Bertz CT molecular complexity index is 1980. The third kappa shape index (κ3) is 18.9. The van der Waals surface area contributed by atoms with Crippen molar-refractivity contribution in [3.05, 3.63) is 0 Å². The first-order valence-electron chi connectivity index (χ1n) is 22.0. The van der Waals surface area contributed by atoms with E-state index in [1.807, 2.05) is 0 Å². The zero-order valence-electron chi connectivity index (χ0n) is 39.7. The van der Waals surface area contributed by atoms with E-state index in [-0.39, 0.29) is 6.42 Å². The summed E-state index contributed by atoms with van der Waals surface area (Å²) >= 11 is 0. The second-order valence-corrected chi connectivity index (χ2v) is 18.3. The Balaban J connectivity index is 0.000000556. The molecule has 74 heavy (non-hydrogen) atoms. The molecule has 0 spiro atoms. The summed E-state index contributed by atoms with van der Waals surface area (Å²) in [6, 6.07) is 0. The van der Waals surface area contributed by atoms with Crippen molar-refractivity contribution >= 4 is 51.6 Å². The largest absolute Gasteiger partial charge is 0.477 e. The monoisotopic (exact) mass is 1110 g/mol. The van der Waals surface area contributed by atoms with E-state index >= 15 is 0 Å². The van der Waals surface area contributed by atoms with Crippen LogP contribution in [0, 0.1) is 17.8 Å². The number of Topliss-reactive ketones (excluding diaryl/α,β-unsaturated/α-hetero) is 3. The predicted octanol–water partition coefficient (Wildman–Crippen LogP) is -8.96. The van der Waals surface area contributed by atoms with Gasteiger partial charge in [-0.1, -0.05) is 6.92 Å². The SMILES string of the molecule is CCC(OC(C)=O)C(O)C1OC(O)(C(=O)O)CC(O)C1CC(=O)CO.COC(CO)C(O)C1OC(O)(C(=O)O)CC(O)C1CC(=O)CO.O=C(CO)CC1C(O)CC(O)(C(=O)O)OC1C(O)C(CO)OS(=O)(=O)O. The number of methoxy groups -OCH3 is 1. The summed E-state index contributed by atoms with van der Waals surface area (Å²) in [6.45, 7) is -1.68. The Labute approximate surface area is 419 Å². The Morgan fingerprint density at radius 3 is 1.07 bits per heavy atom. The van der Waals surface area contributed by atoms with Crippen LogP contribution in [-0.2, 0) is 71.8 Å². The van der Waals surface area contributed by atoms with Crippen LogP contribution >= 0.6 is 0 Å². The number of carboxylic acid groups (broad SMARTS) is 3. The van der Waals surface area contributed by atoms with E-state index in [0.29, 0.717) is 0 Å². The highest BCUT2D eigenvalue weighted by molar-refractivity contribution is 7.80. The smallest absolute Gasteiger partial charge is 0.397 e. The van der Waals surface area contributed by atoms with Gasteiger partial charge in [-0.25, -0.2) is 18.6 Å². The summed E-state index contributed by atoms with van der Waals surface area (Å²) in [5.41, 5.74) is 0. The van der Waals surface area contributed by atoms with Gasteiger partial charge in [0.15, 0.2) is 17.3 Å². The highest BCUT2D eigenvalue weighted by Gasteiger charge is 2.57. The first kappa shape index (κ1) is 68.1. The van der Waals surface area contributed by atoms with E-state index < -0.39 is 232 Å². The second kappa shape index (κ2) is 29.5. The molecule has 3 heterocycles. The van der Waals surface area contributed by atoms with Gasteiger partial charge in [0.2, 0.25) is 0 Å². The molecule has 0 saturated carbocycles. The van der Waals surface area contributed by atoms with Crippen LogP contribution < -0.4 is 0 Å². The zero-order valence-corrected chi connectivity index (χ0v) is 40.5. The molecule has 3 fully saturated rings. The Kier molecular flexibility index (Phi) is 27.2. The molecule has 3 aliphatic heterocycles. The van der Waals surface area contributed by atoms with E-state index in [1.165, 1.54) is 7.11 Å². The highest BCUT2D eigenvalue weighted by Crippen LogP contribution is 2.39. The summed E-state index contributed by atoms with van der Waals surface area (Å²) in [7, 11) is -3.97. The van der Waals surface area contributed by atoms with Gasteiger partial charge in [-0.05, 0) is 6.42 Å². The number of ketones is 3. The summed E-state index contributed by atoms with van der Waals surface area (Å²) in [5, 5.41) is 163. The lowest BCUT2D eigenvalue weighted by atomic mass is 9.80. The first-order chi connectivity index (χ1) is 34.1. The summed E-state index contributed by atoms with van der Waals surface area (Å²) < 4.78 is 59.1. The molecule has 3 saturated heterocycles. The van der Waals surface area contributed by atoms with Crippen LogP contribution in [0.4, 0.5) is 0 Å². The standard InChI is InChI=1S/C15H24O10.C13H22O10.C12H20O13S/c1-3-11(24-7(2)17)12(20)13-9(4-8(18)6-16)10(19)5-15(23,25-13)14(21)22;1-22-9(5-15)10(18)11-7(2-6(16)4-14)8(17)3-13(21,23-11)12(19)20;13-3-5(15)1-6-7(16)2-12(20,11(18)19)24-10(6)9(17)8(4-14)25-26(21,22)23/h9-13,16,19-20,23H,3-6H2,1-2H3,(H,21,22);7-11,14-15,17-18,21H,2-5H2,1H3,(H,19,20);6-10,13-14,16-17,20H,1-4H2,(H,18,19)(H,21,22,23). The lowest BCUT2D eigenvalue weighted by Crippen LogP contribution is -2.61. The number of aliphatic carboxylic acids is 3. The van der Waals surface area contributed by atoms with Crippen LogP contribution in [0.1, 0.15) is 58.8 Å². The van der Waals surface area contributed by atoms with Crippen LogP contribution in [-0.4, -0.2) is 272 Å². The normalized spacial score (nSPS) is 32.5. The molecule has 0 bridgehead atoms. The average molecular weight is 1110 g/mol. The van der Waals surface area contributed by atoms with Gasteiger partial charge >= 0.3 is 34.3 Å². The van der Waals surface area contributed by atoms with Gasteiger partial charge in [-0.2, -0.15) is 8.42 Å². The first-order valence-corrected chi connectivity index (χ1v) is 23.4. The number of carboxylic acids is 3. The number of rotatable bonds is 25. The van der Waals surface area contributed by atoms with Crippen LogP contribution in [0.2, 0.25) is 0 Å². The molecule has 0 aromatic heterocycles. The van der Waals surface area contributed by atoms with Crippen molar-refractivity contribution in [2.75, 3.05) is 40.1 Å². The molecular weight excluding hydrogens is 1040 g/mol. The topological polar surface area (TPSA) is 573 Å². The van der Waals surface area contributed by atoms with Gasteiger partial charge in [0, 0.05) is 70.3 Å². The number of aliphatic hydroxyl groups excluding tert-OH is 11. The molecule has 18 N–H and O–H groups in total. The van der Waals surface area contributed by atoms with Gasteiger partial charge in [-0.3, -0.25) is 23.7 Å². The molecule has 3 rings (SSSR count). The van der Waals surface area contributed by atoms with Crippen molar-refractivity contribution in [3.63, 3.8) is 0 Å². The summed E-state index contributed by atoms with van der Waals surface area (Å²) in [4.78, 5) is 79.1. The molecule has 3 aliphatic rings. The molecule has 33 nitrogen and oxygen atoms in total. The molecule has 18 unspecified atom stereocenters. The van der Waals surface area contributed by atoms with E-state index in [0.717, 1.165) is 6.92 Å². The minimum absolute atomic E-state index is 0.142. The summed E-state index contributed by atoms with van der Waals surface area (Å²) in [6.07, 6.45) is -23.0. The molecule has 430 valence electrons. The number of aliphatic hydroxyl groups is 14. The maximum absolute atomic E-state index is 11.5. The van der Waals surface area contributed by atoms with Gasteiger partial charge in [0.1, 0.15) is 56.4 Å². The molecule has 0 aromatic carbocycles. The van der Waals surface area contributed by atoms with Crippen molar-refractivity contribution < 1.29 is 161 Å². The molecule has 0 amide bonds. The number of hydrogen-bond acceptors (Lipinski definition) is 29. The van der Waals surface area contributed by atoms with Crippen LogP contribution in [0.25, 0.3) is 0 Å². The maximum Gasteiger partial charge on any atom is 0.397 e. The molecule has 34 heteroatoms. The van der Waals surface area contributed by atoms with Gasteiger partial charge in [-0.15, -0.1) is 0 Å². The second-order valence-electron chi connectivity index (χ2n) is 17.3. The van der Waals surface area contributed by atoms with Crippen molar-refractivity contribution in [2.45, 2.75) is 149 Å². The number of carbonyl (C=O) groups excluding carboxylic acids is 4. The predicted molar refractivity (Wildman–Crippen MR) is 230 cm³/mol. The zero-order chi connectivity index (χ0) is 57.4. The van der Waals surface area contributed by atoms with Crippen molar-refractivity contribution in [1.82, 2.24) is 0 Å². The average Bonchev–Trinajstić information content (AvgIpc) is 3.31. The molecular formula is C40H66O33S. The van der Waals surface area contributed by atoms with Crippen LogP contribution in [0.3, 0.4) is 0 Å². The fourth-order valence-corrected chi connectivity index (χ4v) is 8.57. The molecule has 0 aliphatic carbocycles. The fraction of sp³-hybridized carbons (Fsp3) is 0.825. The van der Waals surface area contributed by atoms with E-state index in [9.17, 15) is 87.9 Å². The van der Waals surface area contributed by atoms with Crippen LogP contribution in [0.5, 0.6) is 0 Å². The van der Waals surface area contributed by atoms with E-state index in [1.54, 1.807) is 6.92 Å². The Morgan fingerprint density at radius 2 is 0.851 bits per heavy atom. The van der Waals surface area contributed by atoms with Crippen LogP contribution in [0.15, 0.2) is 0 Å². The molecule has 18 atom stereocenters. The van der Waals surface area contributed by atoms with Crippen molar-refractivity contribution in [1.29, 1.82) is 0 Å². The van der Waals surface area contributed by atoms with Gasteiger partial charge in [0.05, 0.1) is 49.8 Å². The third-order valence-electron chi connectivity index (χ3n) is 11.9. The molecule has 0 aromatic rings. The lowest BCUT2D eigenvalue weighted by Gasteiger charge is -2.44. The van der Waals surface area contributed by atoms with Crippen molar-refractivity contribution in [2.24, 2.45) is 17.8 Å². The van der Waals surface area contributed by atoms with E-state index in [2.05, 4.69) is 4.18 Å². The number of carbonyl (C=O) groups is 7.